The van der Waals surface area contributed by atoms with Crippen LogP contribution in [0.2, 0.25) is 0 Å². The number of carbonyl (C=O) groups is 3. The number of aryl methyl sites for hydroxylation is 1. The van der Waals surface area contributed by atoms with E-state index in [0.29, 0.717) is 12.2 Å². The number of nitrogens with zero attached hydrogens (tertiary/aromatic N) is 2. The summed E-state index contributed by atoms with van der Waals surface area (Å²) in [6.07, 6.45) is 1.76. The molecule has 0 spiro atoms. The molecule has 1 atom stereocenters. The molecule has 2 aromatic carbocycles. The molecular formula is C22H22N2O3. The Bertz CT molecular complexity index is 872. The summed E-state index contributed by atoms with van der Waals surface area (Å²) in [4.78, 5) is 41.4. The lowest BCUT2D eigenvalue weighted by Crippen LogP contribution is -2.45. The van der Waals surface area contributed by atoms with Gasteiger partial charge in [-0.2, -0.15) is 0 Å². The number of benzene rings is 2. The van der Waals surface area contributed by atoms with Gasteiger partial charge in [0.25, 0.3) is 5.91 Å². The van der Waals surface area contributed by atoms with E-state index in [2.05, 4.69) is 0 Å². The Kier molecular flexibility index (Phi) is 4.52. The molecule has 2 aromatic rings. The fourth-order valence-corrected chi connectivity index (χ4v) is 3.51. The van der Waals surface area contributed by atoms with Crippen molar-refractivity contribution in [3.05, 3.63) is 65.7 Å². The van der Waals surface area contributed by atoms with Crippen LogP contribution in [0.4, 0.5) is 5.69 Å². The Morgan fingerprint density at radius 3 is 2.33 bits per heavy atom. The van der Waals surface area contributed by atoms with Crippen molar-refractivity contribution in [2.45, 2.75) is 38.8 Å². The summed E-state index contributed by atoms with van der Waals surface area (Å²) in [5.41, 5.74) is 2.58. The largest absolute Gasteiger partial charge is 0.326 e. The zero-order valence-electron chi connectivity index (χ0n) is 15.3. The van der Waals surface area contributed by atoms with E-state index in [1.807, 2.05) is 49.4 Å². The van der Waals surface area contributed by atoms with Crippen LogP contribution in [0.3, 0.4) is 0 Å². The van der Waals surface area contributed by atoms with E-state index >= 15 is 0 Å². The maximum absolute atomic E-state index is 13.1. The summed E-state index contributed by atoms with van der Waals surface area (Å²) < 4.78 is 0. The molecule has 27 heavy (non-hydrogen) atoms. The second-order valence-electron chi connectivity index (χ2n) is 7.35. The van der Waals surface area contributed by atoms with Crippen LogP contribution in [-0.2, 0) is 20.9 Å². The number of anilines is 1. The number of imide groups is 1. The smallest absolute Gasteiger partial charge is 0.257 e. The summed E-state index contributed by atoms with van der Waals surface area (Å²) >= 11 is 0. The van der Waals surface area contributed by atoms with E-state index in [4.69, 9.17) is 0 Å². The second kappa shape index (κ2) is 6.99. The summed E-state index contributed by atoms with van der Waals surface area (Å²) in [5.74, 6) is -0.593. The summed E-state index contributed by atoms with van der Waals surface area (Å²) in [5, 5.41) is 0. The number of amides is 3. The molecule has 1 saturated heterocycles. The van der Waals surface area contributed by atoms with Gasteiger partial charge in [0.2, 0.25) is 11.8 Å². The minimum Gasteiger partial charge on any atom is -0.326 e. The molecule has 5 nitrogen and oxygen atoms in total. The third-order valence-electron chi connectivity index (χ3n) is 5.20. The van der Waals surface area contributed by atoms with Crippen molar-refractivity contribution in [1.82, 2.24) is 4.90 Å². The first-order chi connectivity index (χ1) is 13.0. The number of rotatable bonds is 5. The van der Waals surface area contributed by atoms with Gasteiger partial charge < -0.3 is 4.90 Å². The van der Waals surface area contributed by atoms with Crippen molar-refractivity contribution in [1.29, 1.82) is 0 Å². The highest BCUT2D eigenvalue weighted by molar-refractivity contribution is 6.23. The van der Waals surface area contributed by atoms with Crippen LogP contribution >= 0.6 is 0 Å². The van der Waals surface area contributed by atoms with Gasteiger partial charge in [0, 0.05) is 12.5 Å². The Labute approximate surface area is 158 Å². The Hall–Kier alpha value is -2.95. The minimum absolute atomic E-state index is 0.00922. The molecule has 0 aromatic heterocycles. The standard InChI is InChI=1S/C22H22N2O3/c1-15-7-11-18(12-8-15)24-20(25)13-19(22(24)27)23(21(26)17-9-10-17)14-16-5-3-2-4-6-16/h2-8,11-12,17,19H,9-10,13-14H2,1H3. The lowest BCUT2D eigenvalue weighted by Gasteiger charge is -2.28. The lowest BCUT2D eigenvalue weighted by atomic mass is 10.1. The van der Waals surface area contributed by atoms with Crippen molar-refractivity contribution in [2.24, 2.45) is 5.92 Å². The number of carbonyl (C=O) groups excluding carboxylic acids is 3. The van der Waals surface area contributed by atoms with E-state index in [9.17, 15) is 14.4 Å². The van der Waals surface area contributed by atoms with Gasteiger partial charge in [0.15, 0.2) is 0 Å². The van der Waals surface area contributed by atoms with E-state index in [1.165, 1.54) is 4.90 Å². The van der Waals surface area contributed by atoms with Gasteiger partial charge in [0.05, 0.1) is 12.1 Å². The maximum Gasteiger partial charge on any atom is 0.257 e. The molecule has 1 heterocycles. The zero-order valence-corrected chi connectivity index (χ0v) is 15.3. The van der Waals surface area contributed by atoms with Gasteiger partial charge >= 0.3 is 0 Å². The molecular weight excluding hydrogens is 340 g/mol. The van der Waals surface area contributed by atoms with Crippen LogP contribution in [0.1, 0.15) is 30.4 Å². The van der Waals surface area contributed by atoms with Crippen LogP contribution in [0.15, 0.2) is 54.6 Å². The van der Waals surface area contributed by atoms with Gasteiger partial charge in [-0.15, -0.1) is 0 Å². The summed E-state index contributed by atoms with van der Waals surface area (Å²) in [6, 6.07) is 16.2. The molecule has 0 N–H and O–H groups in total. The van der Waals surface area contributed by atoms with E-state index in [1.54, 1.807) is 17.0 Å². The molecule has 4 rings (SSSR count). The van der Waals surface area contributed by atoms with Gasteiger partial charge in [0.1, 0.15) is 6.04 Å². The molecule has 2 fully saturated rings. The third kappa shape index (κ3) is 3.50. The Balaban J connectivity index is 1.61. The normalized spacial score (nSPS) is 19.4. The maximum atomic E-state index is 13.1. The fourth-order valence-electron chi connectivity index (χ4n) is 3.51. The summed E-state index contributed by atoms with van der Waals surface area (Å²) in [6.45, 7) is 2.30. The van der Waals surface area contributed by atoms with Gasteiger partial charge in [-0.3, -0.25) is 14.4 Å². The lowest BCUT2D eigenvalue weighted by molar-refractivity contribution is -0.140. The highest BCUT2D eigenvalue weighted by atomic mass is 16.2. The van der Waals surface area contributed by atoms with Crippen molar-refractivity contribution in [2.75, 3.05) is 4.90 Å². The second-order valence-corrected chi connectivity index (χ2v) is 7.35. The van der Waals surface area contributed by atoms with Crippen molar-refractivity contribution >= 4 is 23.4 Å². The molecule has 0 bridgehead atoms. The average Bonchev–Trinajstić information content (AvgIpc) is 3.47. The topological polar surface area (TPSA) is 57.7 Å². The van der Waals surface area contributed by atoms with Crippen molar-refractivity contribution in [3.8, 4) is 0 Å². The van der Waals surface area contributed by atoms with E-state index in [0.717, 1.165) is 24.0 Å². The first-order valence-corrected chi connectivity index (χ1v) is 9.32. The monoisotopic (exact) mass is 362 g/mol. The Morgan fingerprint density at radius 2 is 1.70 bits per heavy atom. The molecule has 138 valence electrons. The van der Waals surface area contributed by atoms with Crippen LogP contribution in [0.5, 0.6) is 0 Å². The third-order valence-corrected chi connectivity index (χ3v) is 5.20. The highest BCUT2D eigenvalue weighted by Gasteiger charge is 2.46. The zero-order chi connectivity index (χ0) is 19.0. The van der Waals surface area contributed by atoms with Gasteiger partial charge in [-0.05, 0) is 37.5 Å². The molecule has 1 unspecified atom stereocenters. The molecule has 3 amide bonds. The quantitative estimate of drug-likeness (QED) is 0.768. The average molecular weight is 362 g/mol. The number of hydrogen-bond donors (Lipinski definition) is 0. The summed E-state index contributed by atoms with van der Waals surface area (Å²) in [7, 11) is 0. The number of hydrogen-bond acceptors (Lipinski definition) is 3. The minimum atomic E-state index is -0.730. The van der Waals surface area contributed by atoms with Gasteiger partial charge in [-0.1, -0.05) is 48.0 Å². The fraction of sp³-hybridized carbons (Fsp3) is 0.318. The SMILES string of the molecule is Cc1ccc(N2C(=O)CC(N(Cc3ccccc3)C(=O)C3CC3)C2=O)cc1. The molecule has 1 aliphatic heterocycles. The Morgan fingerprint density at radius 1 is 1.04 bits per heavy atom. The molecule has 2 aliphatic rings. The van der Waals surface area contributed by atoms with E-state index < -0.39 is 6.04 Å². The molecule has 5 heteroatoms. The van der Waals surface area contributed by atoms with Crippen LogP contribution in [-0.4, -0.2) is 28.7 Å². The van der Waals surface area contributed by atoms with Crippen LogP contribution in [0.25, 0.3) is 0 Å². The predicted octanol–water partition coefficient (Wildman–Crippen LogP) is 3.07. The van der Waals surface area contributed by atoms with Gasteiger partial charge in [-0.25, -0.2) is 4.90 Å². The van der Waals surface area contributed by atoms with Crippen molar-refractivity contribution in [3.63, 3.8) is 0 Å². The van der Waals surface area contributed by atoms with Crippen LogP contribution in [0, 0.1) is 12.8 Å². The van der Waals surface area contributed by atoms with Crippen molar-refractivity contribution < 1.29 is 14.4 Å². The molecule has 0 radical (unpaired) electrons. The van der Waals surface area contributed by atoms with Crippen LogP contribution < -0.4 is 4.90 Å². The molecule has 1 saturated carbocycles. The first kappa shape index (κ1) is 17.5. The molecule has 1 aliphatic carbocycles. The van der Waals surface area contributed by atoms with E-state index in [-0.39, 0.29) is 30.1 Å². The predicted molar refractivity (Wildman–Crippen MR) is 102 cm³/mol. The highest BCUT2D eigenvalue weighted by Crippen LogP contribution is 2.34. The first-order valence-electron chi connectivity index (χ1n) is 9.32.